The number of esters is 1. The molecule has 8 nitrogen and oxygen atoms in total. The Hall–Kier alpha value is -2.72. The summed E-state index contributed by atoms with van der Waals surface area (Å²) < 4.78 is 6.72. The van der Waals surface area contributed by atoms with Gasteiger partial charge in [-0.3, -0.25) is 4.79 Å². The number of aromatic nitrogens is 4. The topological polar surface area (TPSA) is 99.0 Å². The molecule has 0 bridgehead atoms. The summed E-state index contributed by atoms with van der Waals surface area (Å²) in [6.45, 7) is 7.88. The van der Waals surface area contributed by atoms with Gasteiger partial charge >= 0.3 is 5.97 Å². The first-order valence-electron chi connectivity index (χ1n) is 9.52. The Labute approximate surface area is 183 Å². The molecule has 0 atom stereocenters. The van der Waals surface area contributed by atoms with E-state index in [0.29, 0.717) is 15.7 Å². The molecule has 0 radical (unpaired) electrons. The van der Waals surface area contributed by atoms with Crippen molar-refractivity contribution in [3.05, 3.63) is 45.8 Å². The standard InChI is InChI=1S/C20H23N5O3S2/c1-5-14-7-9-15(10-8-14)25-20(22-23-24-25)29-11-16(26)21-18-17(19(27)28-6-2)12(3)13(4)30-18/h7-10H,5-6,11H2,1-4H3,(H,21,26). The number of aryl methyl sites for hydroxylation is 2. The lowest BCUT2D eigenvalue weighted by Gasteiger charge is -2.07. The molecule has 1 aromatic carbocycles. The van der Waals surface area contributed by atoms with Crippen molar-refractivity contribution in [2.75, 3.05) is 17.7 Å². The fraction of sp³-hybridized carbons (Fsp3) is 0.350. The van der Waals surface area contributed by atoms with Crippen LogP contribution in [0.25, 0.3) is 5.69 Å². The second-order valence-electron chi connectivity index (χ2n) is 6.44. The van der Waals surface area contributed by atoms with Crippen LogP contribution in [-0.4, -0.2) is 44.4 Å². The molecule has 0 saturated heterocycles. The molecule has 3 aromatic rings. The van der Waals surface area contributed by atoms with Crippen molar-refractivity contribution in [1.82, 2.24) is 20.2 Å². The number of tetrazole rings is 1. The second kappa shape index (κ2) is 9.86. The van der Waals surface area contributed by atoms with Gasteiger partial charge in [-0.15, -0.1) is 16.4 Å². The first-order valence-corrected chi connectivity index (χ1v) is 11.3. The molecular weight excluding hydrogens is 422 g/mol. The van der Waals surface area contributed by atoms with Crippen LogP contribution in [0.4, 0.5) is 5.00 Å². The third kappa shape index (κ3) is 4.88. The number of thiophene rings is 1. The predicted molar refractivity (Wildman–Crippen MR) is 118 cm³/mol. The number of carbonyl (C=O) groups excluding carboxylic acids is 2. The third-order valence-electron chi connectivity index (χ3n) is 4.48. The van der Waals surface area contributed by atoms with E-state index >= 15 is 0 Å². The first kappa shape index (κ1) is 22.0. The van der Waals surface area contributed by atoms with Gasteiger partial charge in [0.2, 0.25) is 11.1 Å². The summed E-state index contributed by atoms with van der Waals surface area (Å²) in [6.07, 6.45) is 0.952. The lowest BCUT2D eigenvalue weighted by Crippen LogP contribution is -2.16. The van der Waals surface area contributed by atoms with Gasteiger partial charge in [0, 0.05) is 4.88 Å². The Bertz CT molecular complexity index is 1040. The summed E-state index contributed by atoms with van der Waals surface area (Å²) in [5.41, 5.74) is 3.29. The predicted octanol–water partition coefficient (Wildman–Crippen LogP) is 3.81. The molecule has 10 heteroatoms. The zero-order valence-electron chi connectivity index (χ0n) is 17.3. The quantitative estimate of drug-likeness (QED) is 0.416. The Kier molecular flexibility index (Phi) is 7.22. The van der Waals surface area contributed by atoms with Crippen LogP contribution in [0.3, 0.4) is 0 Å². The Morgan fingerprint density at radius 2 is 1.93 bits per heavy atom. The van der Waals surface area contributed by atoms with Crippen LogP contribution in [0.2, 0.25) is 0 Å². The van der Waals surface area contributed by atoms with E-state index in [1.807, 2.05) is 38.1 Å². The Morgan fingerprint density at radius 1 is 1.20 bits per heavy atom. The molecule has 2 aromatic heterocycles. The number of amides is 1. The van der Waals surface area contributed by atoms with Crippen molar-refractivity contribution in [2.45, 2.75) is 39.3 Å². The van der Waals surface area contributed by atoms with Gasteiger partial charge in [0.05, 0.1) is 23.6 Å². The zero-order valence-corrected chi connectivity index (χ0v) is 18.9. The van der Waals surface area contributed by atoms with E-state index in [1.54, 1.807) is 11.6 Å². The Morgan fingerprint density at radius 3 is 2.60 bits per heavy atom. The number of thioether (sulfide) groups is 1. The SMILES string of the molecule is CCOC(=O)c1c(NC(=O)CSc2nnnn2-c2ccc(CC)cc2)sc(C)c1C. The highest BCUT2D eigenvalue weighted by Crippen LogP contribution is 2.33. The van der Waals surface area contributed by atoms with Crippen molar-refractivity contribution in [1.29, 1.82) is 0 Å². The van der Waals surface area contributed by atoms with E-state index in [0.717, 1.165) is 22.5 Å². The summed E-state index contributed by atoms with van der Waals surface area (Å²) >= 11 is 2.59. The van der Waals surface area contributed by atoms with Crippen LogP contribution in [-0.2, 0) is 16.0 Å². The Balaban J connectivity index is 1.68. The van der Waals surface area contributed by atoms with E-state index in [9.17, 15) is 9.59 Å². The van der Waals surface area contributed by atoms with Gasteiger partial charge in [0.1, 0.15) is 5.00 Å². The number of nitrogens with one attached hydrogen (secondary N) is 1. The number of ether oxygens (including phenoxy) is 1. The lowest BCUT2D eigenvalue weighted by atomic mass is 10.1. The highest BCUT2D eigenvalue weighted by Gasteiger charge is 2.22. The minimum atomic E-state index is -0.429. The van der Waals surface area contributed by atoms with E-state index in [1.165, 1.54) is 28.7 Å². The fourth-order valence-corrected chi connectivity index (χ4v) is 4.52. The number of nitrogens with zero attached hydrogens (tertiary/aromatic N) is 4. The van der Waals surface area contributed by atoms with E-state index in [2.05, 4.69) is 27.8 Å². The number of benzene rings is 1. The van der Waals surface area contributed by atoms with Crippen molar-refractivity contribution in [3.63, 3.8) is 0 Å². The molecule has 0 aliphatic carbocycles. The maximum absolute atomic E-state index is 12.5. The van der Waals surface area contributed by atoms with Crippen molar-refractivity contribution >= 4 is 40.0 Å². The molecule has 0 spiro atoms. The van der Waals surface area contributed by atoms with E-state index < -0.39 is 5.97 Å². The molecule has 2 heterocycles. The molecular formula is C20H23N5O3S2. The third-order valence-corrected chi connectivity index (χ3v) is 6.52. The fourth-order valence-electron chi connectivity index (χ4n) is 2.76. The minimum absolute atomic E-state index is 0.103. The van der Waals surface area contributed by atoms with Crippen LogP contribution >= 0.6 is 23.1 Å². The number of rotatable bonds is 8. The van der Waals surface area contributed by atoms with Gasteiger partial charge in [-0.05, 0) is 60.9 Å². The number of hydrogen-bond donors (Lipinski definition) is 1. The van der Waals surface area contributed by atoms with Crippen LogP contribution in [0, 0.1) is 13.8 Å². The molecule has 0 fully saturated rings. The monoisotopic (exact) mass is 445 g/mol. The van der Waals surface area contributed by atoms with Gasteiger partial charge < -0.3 is 10.1 Å². The van der Waals surface area contributed by atoms with E-state index in [-0.39, 0.29) is 18.3 Å². The van der Waals surface area contributed by atoms with Gasteiger partial charge in [0.15, 0.2) is 0 Å². The maximum Gasteiger partial charge on any atom is 0.341 e. The number of anilines is 1. The molecule has 1 amide bonds. The van der Waals surface area contributed by atoms with Crippen LogP contribution in [0.15, 0.2) is 29.4 Å². The first-order chi connectivity index (χ1) is 14.4. The summed E-state index contributed by atoms with van der Waals surface area (Å²) in [6, 6.07) is 7.94. The van der Waals surface area contributed by atoms with Gasteiger partial charge in [-0.1, -0.05) is 30.8 Å². The van der Waals surface area contributed by atoms with Crippen LogP contribution in [0.5, 0.6) is 0 Å². The number of hydrogen-bond acceptors (Lipinski definition) is 8. The second-order valence-corrected chi connectivity index (χ2v) is 8.61. The summed E-state index contributed by atoms with van der Waals surface area (Å²) in [7, 11) is 0. The van der Waals surface area contributed by atoms with Crippen molar-refractivity contribution < 1.29 is 14.3 Å². The highest BCUT2D eigenvalue weighted by atomic mass is 32.2. The van der Waals surface area contributed by atoms with Crippen molar-refractivity contribution in [3.8, 4) is 5.69 Å². The van der Waals surface area contributed by atoms with Crippen LogP contribution < -0.4 is 5.32 Å². The maximum atomic E-state index is 12.5. The average molecular weight is 446 g/mol. The average Bonchev–Trinajstić information content (AvgIpc) is 3.31. The molecule has 0 saturated carbocycles. The summed E-state index contributed by atoms with van der Waals surface area (Å²) in [5, 5.41) is 15.6. The molecule has 1 N–H and O–H groups in total. The normalized spacial score (nSPS) is 10.8. The zero-order chi connectivity index (χ0) is 21.7. The molecule has 3 rings (SSSR count). The lowest BCUT2D eigenvalue weighted by molar-refractivity contribution is -0.113. The number of carbonyl (C=O) groups is 2. The van der Waals surface area contributed by atoms with Gasteiger partial charge in [-0.2, -0.15) is 4.68 Å². The molecule has 0 aliphatic rings. The summed E-state index contributed by atoms with van der Waals surface area (Å²) in [5.74, 6) is -0.574. The largest absolute Gasteiger partial charge is 0.462 e. The van der Waals surface area contributed by atoms with Gasteiger partial charge in [-0.25, -0.2) is 4.79 Å². The van der Waals surface area contributed by atoms with Crippen molar-refractivity contribution in [2.24, 2.45) is 0 Å². The van der Waals surface area contributed by atoms with Gasteiger partial charge in [0.25, 0.3) is 0 Å². The molecule has 30 heavy (non-hydrogen) atoms. The molecule has 158 valence electrons. The molecule has 0 aliphatic heterocycles. The summed E-state index contributed by atoms with van der Waals surface area (Å²) in [4.78, 5) is 25.8. The molecule has 0 unspecified atom stereocenters. The van der Waals surface area contributed by atoms with Crippen LogP contribution in [0.1, 0.15) is 40.2 Å². The van der Waals surface area contributed by atoms with E-state index in [4.69, 9.17) is 4.74 Å². The smallest absolute Gasteiger partial charge is 0.341 e. The minimum Gasteiger partial charge on any atom is -0.462 e. The highest BCUT2D eigenvalue weighted by molar-refractivity contribution is 7.99.